The molecule has 1 aliphatic heterocycles. The molecule has 1 heterocycles. The number of piperidine rings is 1. The molecular formula is C17H27NO. The summed E-state index contributed by atoms with van der Waals surface area (Å²) in [7, 11) is 0. The summed E-state index contributed by atoms with van der Waals surface area (Å²) in [5, 5.41) is 10.6. The molecule has 0 amide bonds. The third-order valence-electron chi connectivity index (χ3n) is 4.41. The van der Waals surface area contributed by atoms with E-state index in [0.29, 0.717) is 6.04 Å². The normalized spacial score (nSPS) is 19.8. The maximum Gasteiger partial charge on any atom is 0.0672 e. The van der Waals surface area contributed by atoms with Crippen molar-refractivity contribution in [2.24, 2.45) is 0 Å². The maximum atomic E-state index is 10.6. The third-order valence-corrected chi connectivity index (χ3v) is 4.41. The Balaban J connectivity index is 1.74. The van der Waals surface area contributed by atoms with Crippen molar-refractivity contribution in [1.29, 1.82) is 0 Å². The molecule has 0 radical (unpaired) electrons. The summed E-state index contributed by atoms with van der Waals surface area (Å²) in [5.74, 6) is 0. The Morgan fingerprint density at radius 2 is 1.79 bits per heavy atom. The van der Waals surface area contributed by atoms with Crippen molar-refractivity contribution in [3.8, 4) is 0 Å². The smallest absolute Gasteiger partial charge is 0.0672 e. The predicted molar refractivity (Wildman–Crippen MR) is 80.3 cm³/mol. The molecule has 19 heavy (non-hydrogen) atoms. The van der Waals surface area contributed by atoms with Gasteiger partial charge in [-0.25, -0.2) is 0 Å². The standard InChI is InChI=1S/C17H27NO/c1-15(2)18-13-11-17(19,12-14-18)10-6-9-16-7-4-3-5-8-16/h3-5,7-8,15,19H,6,9-14H2,1-2H3. The first-order valence-electron chi connectivity index (χ1n) is 7.59. The largest absolute Gasteiger partial charge is 0.390 e. The monoisotopic (exact) mass is 261 g/mol. The van der Waals surface area contributed by atoms with E-state index in [4.69, 9.17) is 0 Å². The van der Waals surface area contributed by atoms with Gasteiger partial charge < -0.3 is 10.0 Å². The van der Waals surface area contributed by atoms with E-state index in [2.05, 4.69) is 49.1 Å². The van der Waals surface area contributed by atoms with Crippen molar-refractivity contribution < 1.29 is 5.11 Å². The Hall–Kier alpha value is -0.860. The van der Waals surface area contributed by atoms with Crippen LogP contribution in [0.15, 0.2) is 30.3 Å². The summed E-state index contributed by atoms with van der Waals surface area (Å²) in [5.41, 5.74) is 0.964. The molecule has 1 N–H and O–H groups in total. The van der Waals surface area contributed by atoms with E-state index in [1.807, 2.05) is 0 Å². The van der Waals surface area contributed by atoms with Gasteiger partial charge in [0.2, 0.25) is 0 Å². The fourth-order valence-corrected chi connectivity index (χ4v) is 2.97. The highest BCUT2D eigenvalue weighted by molar-refractivity contribution is 5.14. The Kier molecular flexibility index (Phi) is 5.00. The Morgan fingerprint density at radius 1 is 1.16 bits per heavy atom. The van der Waals surface area contributed by atoms with Crippen molar-refractivity contribution in [3.63, 3.8) is 0 Å². The number of benzene rings is 1. The highest BCUT2D eigenvalue weighted by Gasteiger charge is 2.32. The molecule has 0 saturated carbocycles. The quantitative estimate of drug-likeness (QED) is 0.879. The van der Waals surface area contributed by atoms with E-state index >= 15 is 0 Å². The highest BCUT2D eigenvalue weighted by Crippen LogP contribution is 2.28. The molecule has 0 spiro atoms. The van der Waals surface area contributed by atoms with Gasteiger partial charge in [-0.2, -0.15) is 0 Å². The van der Waals surface area contributed by atoms with Crippen molar-refractivity contribution in [1.82, 2.24) is 4.90 Å². The van der Waals surface area contributed by atoms with Crippen molar-refractivity contribution in [2.75, 3.05) is 13.1 Å². The zero-order valence-electron chi connectivity index (χ0n) is 12.3. The Morgan fingerprint density at radius 3 is 2.37 bits per heavy atom. The molecule has 0 atom stereocenters. The molecule has 0 aromatic heterocycles. The summed E-state index contributed by atoms with van der Waals surface area (Å²) in [6.07, 6.45) is 4.97. The first-order chi connectivity index (χ1) is 9.09. The second-order valence-corrected chi connectivity index (χ2v) is 6.19. The lowest BCUT2D eigenvalue weighted by Gasteiger charge is -2.40. The number of rotatable bonds is 5. The lowest BCUT2D eigenvalue weighted by Crippen LogP contribution is -2.46. The number of aryl methyl sites for hydroxylation is 1. The molecule has 0 bridgehead atoms. The molecule has 1 aliphatic rings. The summed E-state index contributed by atoms with van der Waals surface area (Å²) in [6.45, 7) is 6.55. The first-order valence-corrected chi connectivity index (χ1v) is 7.59. The lowest BCUT2D eigenvalue weighted by molar-refractivity contribution is -0.0348. The highest BCUT2D eigenvalue weighted by atomic mass is 16.3. The molecule has 106 valence electrons. The van der Waals surface area contributed by atoms with Gasteiger partial charge in [-0.1, -0.05) is 30.3 Å². The van der Waals surface area contributed by atoms with E-state index in [0.717, 1.165) is 45.2 Å². The van der Waals surface area contributed by atoms with E-state index < -0.39 is 5.60 Å². The number of likely N-dealkylation sites (tertiary alicyclic amines) is 1. The molecule has 2 rings (SSSR count). The van der Waals surface area contributed by atoms with Crippen LogP contribution < -0.4 is 0 Å². The topological polar surface area (TPSA) is 23.5 Å². The lowest BCUT2D eigenvalue weighted by atomic mass is 9.85. The first kappa shape index (κ1) is 14.5. The van der Waals surface area contributed by atoms with Gasteiger partial charge in [0, 0.05) is 19.1 Å². The van der Waals surface area contributed by atoms with E-state index in [1.54, 1.807) is 0 Å². The Labute approximate surface area is 117 Å². The summed E-state index contributed by atoms with van der Waals surface area (Å²) < 4.78 is 0. The van der Waals surface area contributed by atoms with Gasteiger partial charge in [-0.05, 0) is 51.5 Å². The molecule has 0 aliphatic carbocycles. The fourth-order valence-electron chi connectivity index (χ4n) is 2.97. The van der Waals surface area contributed by atoms with Crippen molar-refractivity contribution in [2.45, 2.75) is 57.6 Å². The molecule has 2 heteroatoms. The summed E-state index contributed by atoms with van der Waals surface area (Å²) in [6, 6.07) is 11.2. The van der Waals surface area contributed by atoms with Gasteiger partial charge >= 0.3 is 0 Å². The van der Waals surface area contributed by atoms with Crippen LogP contribution in [0.2, 0.25) is 0 Å². The molecule has 1 aromatic rings. The Bertz CT molecular complexity index is 366. The minimum absolute atomic E-state index is 0.416. The zero-order valence-corrected chi connectivity index (χ0v) is 12.3. The van der Waals surface area contributed by atoms with Gasteiger partial charge in [0.1, 0.15) is 0 Å². The van der Waals surface area contributed by atoms with Crippen LogP contribution >= 0.6 is 0 Å². The summed E-state index contributed by atoms with van der Waals surface area (Å²) in [4.78, 5) is 2.46. The van der Waals surface area contributed by atoms with Crippen molar-refractivity contribution in [3.05, 3.63) is 35.9 Å². The molecule has 2 nitrogen and oxygen atoms in total. The SMILES string of the molecule is CC(C)N1CCC(O)(CCCc2ccccc2)CC1. The second-order valence-electron chi connectivity index (χ2n) is 6.19. The number of nitrogens with zero attached hydrogens (tertiary/aromatic N) is 1. The third kappa shape index (κ3) is 4.32. The van der Waals surface area contributed by atoms with Crippen LogP contribution in [0.4, 0.5) is 0 Å². The van der Waals surface area contributed by atoms with Gasteiger partial charge in [-0.3, -0.25) is 0 Å². The predicted octanol–water partition coefficient (Wildman–Crippen LogP) is 3.24. The van der Waals surface area contributed by atoms with Crippen LogP contribution in [-0.2, 0) is 6.42 Å². The minimum atomic E-state index is -0.416. The van der Waals surface area contributed by atoms with Crippen LogP contribution in [0.3, 0.4) is 0 Å². The summed E-state index contributed by atoms with van der Waals surface area (Å²) >= 11 is 0. The number of hydrogen-bond donors (Lipinski definition) is 1. The van der Waals surface area contributed by atoms with Gasteiger partial charge in [0.25, 0.3) is 0 Å². The van der Waals surface area contributed by atoms with E-state index in [-0.39, 0.29) is 0 Å². The van der Waals surface area contributed by atoms with Crippen LogP contribution in [0, 0.1) is 0 Å². The fraction of sp³-hybridized carbons (Fsp3) is 0.647. The van der Waals surface area contributed by atoms with Crippen molar-refractivity contribution >= 4 is 0 Å². The van der Waals surface area contributed by atoms with E-state index in [1.165, 1.54) is 5.56 Å². The van der Waals surface area contributed by atoms with Gasteiger partial charge in [0.05, 0.1) is 5.60 Å². The van der Waals surface area contributed by atoms with Crippen LogP contribution in [0.1, 0.15) is 45.1 Å². The van der Waals surface area contributed by atoms with Crippen LogP contribution in [0.5, 0.6) is 0 Å². The number of hydrogen-bond acceptors (Lipinski definition) is 2. The van der Waals surface area contributed by atoms with Crippen LogP contribution in [0.25, 0.3) is 0 Å². The van der Waals surface area contributed by atoms with Crippen LogP contribution in [-0.4, -0.2) is 34.7 Å². The molecular weight excluding hydrogens is 234 g/mol. The maximum absolute atomic E-state index is 10.6. The average molecular weight is 261 g/mol. The molecule has 1 aromatic carbocycles. The molecule has 1 fully saturated rings. The minimum Gasteiger partial charge on any atom is -0.390 e. The average Bonchev–Trinajstić information content (AvgIpc) is 2.40. The zero-order chi connectivity index (χ0) is 13.7. The number of aliphatic hydroxyl groups is 1. The van der Waals surface area contributed by atoms with E-state index in [9.17, 15) is 5.11 Å². The second kappa shape index (κ2) is 6.53. The van der Waals surface area contributed by atoms with Gasteiger partial charge in [0.15, 0.2) is 0 Å². The molecule has 0 unspecified atom stereocenters. The van der Waals surface area contributed by atoms with Gasteiger partial charge in [-0.15, -0.1) is 0 Å². The molecule has 1 saturated heterocycles.